The van der Waals surface area contributed by atoms with Crippen LogP contribution >= 0.6 is 11.3 Å². The minimum absolute atomic E-state index is 0.611. The lowest BCUT2D eigenvalue weighted by atomic mass is 9.93. The lowest BCUT2D eigenvalue weighted by Gasteiger charge is -2.13. The largest absolute Gasteiger partial charge is 0.456 e. The third-order valence-corrected chi connectivity index (χ3v) is 14.5. The van der Waals surface area contributed by atoms with Crippen molar-refractivity contribution in [1.29, 1.82) is 0 Å². The van der Waals surface area contributed by atoms with Gasteiger partial charge >= 0.3 is 0 Å². The van der Waals surface area contributed by atoms with Crippen molar-refractivity contribution < 1.29 is 4.42 Å². The first-order valence-corrected chi connectivity index (χ1v) is 24.1. The van der Waals surface area contributed by atoms with Crippen molar-refractivity contribution in [1.82, 2.24) is 24.9 Å². The molecule has 0 aliphatic rings. The van der Waals surface area contributed by atoms with Crippen LogP contribution in [0.3, 0.4) is 0 Å². The molecule has 6 nitrogen and oxygen atoms in total. The molecule has 0 atom stereocenters. The zero-order chi connectivity index (χ0) is 46.1. The highest BCUT2D eigenvalue weighted by Gasteiger charge is 2.18. The maximum absolute atomic E-state index is 6.26. The summed E-state index contributed by atoms with van der Waals surface area (Å²) in [4.78, 5) is 26.0. The van der Waals surface area contributed by atoms with Gasteiger partial charge in [-0.1, -0.05) is 164 Å². The predicted octanol–water partition coefficient (Wildman–Crippen LogP) is 16.9. The van der Waals surface area contributed by atoms with Gasteiger partial charge in [0.1, 0.15) is 11.2 Å². The molecule has 70 heavy (non-hydrogen) atoms. The quantitative estimate of drug-likeness (QED) is 0.148. The summed E-state index contributed by atoms with van der Waals surface area (Å²) in [6.07, 6.45) is 0. The van der Waals surface area contributed by atoms with Crippen LogP contribution in [0.5, 0.6) is 0 Å². The highest BCUT2D eigenvalue weighted by Crippen LogP contribution is 2.41. The number of para-hydroxylation sites is 1. The van der Waals surface area contributed by atoms with Crippen LogP contribution in [-0.4, -0.2) is 24.9 Å². The number of benzene rings is 9. The van der Waals surface area contributed by atoms with E-state index in [1.54, 1.807) is 11.3 Å². The summed E-state index contributed by atoms with van der Waals surface area (Å²) >= 11 is 1.77. The summed E-state index contributed by atoms with van der Waals surface area (Å²) < 4.78 is 8.65. The maximum atomic E-state index is 6.26. The number of thiophene rings is 1. The van der Waals surface area contributed by atoms with Gasteiger partial charge in [-0.15, -0.1) is 11.3 Å². The van der Waals surface area contributed by atoms with Crippen LogP contribution in [0.4, 0.5) is 0 Å². The molecule has 0 radical (unpaired) electrons. The van der Waals surface area contributed by atoms with E-state index in [-0.39, 0.29) is 0 Å². The van der Waals surface area contributed by atoms with Crippen LogP contribution < -0.4 is 0 Å². The summed E-state index contributed by atoms with van der Waals surface area (Å²) in [5.74, 6) is 1.89. The Bertz CT molecular complexity index is 4350. The molecule has 0 fully saturated rings. The number of aromatic nitrogens is 5. The number of hydrogen-bond acceptors (Lipinski definition) is 7. The molecule has 0 N–H and O–H groups in total. The second-order valence-electron chi connectivity index (χ2n) is 17.6. The van der Waals surface area contributed by atoms with Crippen molar-refractivity contribution in [3.8, 4) is 78.9 Å². The number of nitrogens with zero attached hydrogens (tertiary/aromatic N) is 5. The van der Waals surface area contributed by atoms with Crippen LogP contribution in [0.25, 0.3) is 143 Å². The third kappa shape index (κ3) is 6.90. The monoisotopic (exact) mass is 911 g/mol. The molecule has 0 amide bonds. The standard InChI is InChI=1S/C63H37N5OS/c1-3-12-39(13-4-1)53-31-28-40-24-25-41-29-32-54(65-59(41)58(40)64-53)47-35-45(34-46(36-47)44-30-33-56-52(37-44)48-16-7-9-20-55(48)69-56)38-22-26-43(27-23-38)62-66-61(42-14-5-2-6-15-42)67-63(68-62)51-19-11-18-50-49-17-8-10-21-57(49)70-60(50)51/h1-37H. The average molecular weight is 912 g/mol. The van der Waals surface area contributed by atoms with E-state index in [4.69, 9.17) is 29.3 Å². The Kier molecular flexibility index (Phi) is 9.28. The van der Waals surface area contributed by atoms with Crippen molar-refractivity contribution in [2.75, 3.05) is 0 Å². The van der Waals surface area contributed by atoms with Gasteiger partial charge in [0, 0.05) is 69.5 Å². The molecule has 5 aromatic heterocycles. The first-order chi connectivity index (χ1) is 34.6. The SMILES string of the molecule is c1ccc(-c2ccc3ccc4ccc(-c5cc(-c6ccc(-c7nc(-c8ccccc8)nc(-c8cccc9c8sc8ccccc89)n7)cc6)cc(-c6ccc7oc8ccccc8c7c6)c5)nc4c3n2)cc1. The molecule has 9 aromatic carbocycles. The van der Waals surface area contributed by atoms with E-state index in [2.05, 4.69) is 176 Å². The third-order valence-electron chi connectivity index (χ3n) is 13.3. The molecule has 326 valence electrons. The Labute approximate surface area is 405 Å². The van der Waals surface area contributed by atoms with Crippen molar-refractivity contribution in [3.63, 3.8) is 0 Å². The molecule has 0 saturated heterocycles. The van der Waals surface area contributed by atoms with Crippen LogP contribution in [-0.2, 0) is 0 Å². The summed E-state index contributed by atoms with van der Waals surface area (Å²) in [5, 5.41) is 6.69. The Balaban J connectivity index is 0.910. The Hall–Kier alpha value is -9.17. The average Bonchev–Trinajstić information content (AvgIpc) is 4.01. The molecule has 0 saturated carbocycles. The van der Waals surface area contributed by atoms with Crippen molar-refractivity contribution in [3.05, 3.63) is 224 Å². The molecular formula is C63H37N5OS. The molecule has 7 heteroatoms. The Morgan fingerprint density at radius 2 is 0.829 bits per heavy atom. The van der Waals surface area contributed by atoms with Gasteiger partial charge in [0.15, 0.2) is 17.5 Å². The number of furan rings is 1. The lowest BCUT2D eigenvalue weighted by Crippen LogP contribution is -2.00. The molecule has 0 aliphatic heterocycles. The number of rotatable bonds is 7. The van der Waals surface area contributed by atoms with E-state index < -0.39 is 0 Å². The zero-order valence-corrected chi connectivity index (χ0v) is 38.2. The van der Waals surface area contributed by atoms with Gasteiger partial charge in [-0.05, 0) is 82.9 Å². The predicted molar refractivity (Wildman–Crippen MR) is 289 cm³/mol. The van der Waals surface area contributed by atoms with Gasteiger partial charge in [0.25, 0.3) is 0 Å². The van der Waals surface area contributed by atoms with Crippen LogP contribution in [0.15, 0.2) is 229 Å². The fourth-order valence-electron chi connectivity index (χ4n) is 9.79. The molecule has 0 bridgehead atoms. The van der Waals surface area contributed by atoms with Crippen molar-refractivity contribution >= 4 is 75.3 Å². The van der Waals surface area contributed by atoms with E-state index in [0.29, 0.717) is 17.5 Å². The zero-order valence-electron chi connectivity index (χ0n) is 37.4. The minimum Gasteiger partial charge on any atom is -0.456 e. The number of fused-ring (bicyclic) bond motifs is 9. The van der Waals surface area contributed by atoms with Crippen molar-refractivity contribution in [2.24, 2.45) is 0 Å². The molecule has 0 spiro atoms. The lowest BCUT2D eigenvalue weighted by molar-refractivity contribution is 0.669. The fourth-order valence-corrected chi connectivity index (χ4v) is 11.0. The normalized spacial score (nSPS) is 11.7. The van der Waals surface area contributed by atoms with Gasteiger partial charge < -0.3 is 4.42 Å². The van der Waals surface area contributed by atoms with Gasteiger partial charge in [0.05, 0.1) is 22.4 Å². The summed E-state index contributed by atoms with van der Waals surface area (Å²) in [7, 11) is 0. The van der Waals surface area contributed by atoms with Crippen LogP contribution in [0.2, 0.25) is 0 Å². The number of hydrogen-bond donors (Lipinski definition) is 0. The molecule has 5 heterocycles. The smallest absolute Gasteiger partial charge is 0.165 e. The second kappa shape index (κ2) is 16.3. The van der Waals surface area contributed by atoms with Gasteiger partial charge in [-0.25, -0.2) is 24.9 Å². The molecule has 14 rings (SSSR count). The molecule has 0 unspecified atom stereocenters. The first kappa shape index (κ1) is 39.9. The van der Waals surface area contributed by atoms with Gasteiger partial charge in [0.2, 0.25) is 0 Å². The topological polar surface area (TPSA) is 77.6 Å². The van der Waals surface area contributed by atoms with E-state index >= 15 is 0 Å². The second-order valence-corrected chi connectivity index (χ2v) is 18.7. The maximum Gasteiger partial charge on any atom is 0.165 e. The molecule has 0 aliphatic carbocycles. The Morgan fingerprint density at radius 1 is 0.300 bits per heavy atom. The Morgan fingerprint density at radius 3 is 1.57 bits per heavy atom. The van der Waals surface area contributed by atoms with E-state index in [0.717, 1.165) is 110 Å². The van der Waals surface area contributed by atoms with E-state index in [1.807, 2.05) is 48.5 Å². The van der Waals surface area contributed by atoms with E-state index in [9.17, 15) is 0 Å². The van der Waals surface area contributed by atoms with Gasteiger partial charge in [-0.3, -0.25) is 0 Å². The van der Waals surface area contributed by atoms with Gasteiger partial charge in [-0.2, -0.15) is 0 Å². The van der Waals surface area contributed by atoms with Crippen LogP contribution in [0, 0.1) is 0 Å². The fraction of sp³-hybridized carbons (Fsp3) is 0. The molecular weight excluding hydrogens is 875 g/mol. The summed E-state index contributed by atoms with van der Waals surface area (Å²) in [6, 6.07) is 78.2. The minimum atomic E-state index is 0.611. The summed E-state index contributed by atoms with van der Waals surface area (Å²) in [6.45, 7) is 0. The summed E-state index contributed by atoms with van der Waals surface area (Å²) in [5.41, 5.74) is 14.4. The first-order valence-electron chi connectivity index (χ1n) is 23.3. The molecule has 14 aromatic rings. The van der Waals surface area contributed by atoms with Crippen molar-refractivity contribution in [2.45, 2.75) is 0 Å². The van der Waals surface area contributed by atoms with E-state index in [1.165, 1.54) is 15.5 Å². The highest BCUT2D eigenvalue weighted by atomic mass is 32.1. The number of pyridine rings is 2. The van der Waals surface area contributed by atoms with Crippen LogP contribution in [0.1, 0.15) is 0 Å². The highest BCUT2D eigenvalue weighted by molar-refractivity contribution is 7.26.